The molecule has 0 spiro atoms. The summed E-state index contributed by atoms with van der Waals surface area (Å²) >= 11 is 12.2. The number of halogens is 2. The average molecular weight is 477 g/mol. The van der Waals surface area contributed by atoms with E-state index in [0.29, 0.717) is 34.0 Å². The summed E-state index contributed by atoms with van der Waals surface area (Å²) in [7, 11) is 1.62. The second-order valence-corrected chi connectivity index (χ2v) is 8.42. The fourth-order valence-corrected chi connectivity index (χ4v) is 4.03. The van der Waals surface area contributed by atoms with Gasteiger partial charge in [-0.3, -0.25) is 4.90 Å². The van der Waals surface area contributed by atoms with E-state index < -0.39 is 0 Å². The lowest BCUT2D eigenvalue weighted by molar-refractivity contribution is -0.0480. The number of methoxy groups -OCH3 is 1. The van der Waals surface area contributed by atoms with Crippen LogP contribution in [0.5, 0.6) is 11.5 Å². The van der Waals surface area contributed by atoms with Gasteiger partial charge in [0.25, 0.3) is 0 Å². The fraction of sp³-hybridized carbons (Fsp3) is 0.391. The summed E-state index contributed by atoms with van der Waals surface area (Å²) in [5.41, 5.74) is 1.50. The molecule has 0 amide bonds. The zero-order chi connectivity index (χ0) is 22.5. The number of hydrogen-bond acceptors (Lipinski definition) is 7. The highest BCUT2D eigenvalue weighted by atomic mass is 35.5. The minimum Gasteiger partial charge on any atom is -0.493 e. The largest absolute Gasteiger partial charge is 0.493 e. The Balaban J connectivity index is 1.54. The highest BCUT2D eigenvalue weighted by Gasteiger charge is 2.21. The first kappa shape index (κ1) is 22.9. The number of ether oxygens (including phenoxy) is 3. The number of morpholine rings is 1. The summed E-state index contributed by atoms with van der Waals surface area (Å²) in [5.74, 6) is 1.85. The third kappa shape index (κ3) is 5.35. The molecule has 1 atom stereocenters. The van der Waals surface area contributed by atoms with Crippen molar-refractivity contribution in [3.63, 3.8) is 0 Å². The Morgan fingerprint density at radius 2 is 2.03 bits per heavy atom. The van der Waals surface area contributed by atoms with E-state index in [-0.39, 0.29) is 6.10 Å². The van der Waals surface area contributed by atoms with Crippen molar-refractivity contribution in [2.45, 2.75) is 19.4 Å². The molecular weight excluding hydrogens is 451 g/mol. The van der Waals surface area contributed by atoms with E-state index in [9.17, 15) is 0 Å². The maximum atomic E-state index is 6.14. The molecule has 1 fully saturated rings. The van der Waals surface area contributed by atoms with Crippen LogP contribution < -0.4 is 14.8 Å². The number of anilines is 2. The highest BCUT2D eigenvalue weighted by Crippen LogP contribution is 2.35. The molecular formula is C23H26Cl2N4O3. The van der Waals surface area contributed by atoms with Gasteiger partial charge < -0.3 is 19.5 Å². The van der Waals surface area contributed by atoms with Gasteiger partial charge in [-0.2, -0.15) is 0 Å². The lowest BCUT2D eigenvalue weighted by Gasteiger charge is -2.32. The van der Waals surface area contributed by atoms with Crippen LogP contribution in [0.15, 0.2) is 36.7 Å². The zero-order valence-electron chi connectivity index (χ0n) is 18.1. The van der Waals surface area contributed by atoms with E-state index in [1.165, 1.54) is 6.33 Å². The van der Waals surface area contributed by atoms with Gasteiger partial charge in [-0.25, -0.2) is 9.97 Å². The molecule has 32 heavy (non-hydrogen) atoms. The topological polar surface area (TPSA) is 68.7 Å². The molecule has 1 aliphatic rings. The third-order valence-electron chi connectivity index (χ3n) is 5.29. The normalized spacial score (nSPS) is 16.8. The highest BCUT2D eigenvalue weighted by molar-refractivity contribution is 6.42. The first-order chi connectivity index (χ1) is 15.6. The molecule has 4 rings (SSSR count). The number of nitrogens with zero attached hydrogens (tertiary/aromatic N) is 3. The van der Waals surface area contributed by atoms with Crippen molar-refractivity contribution in [1.82, 2.24) is 14.9 Å². The Morgan fingerprint density at radius 1 is 1.16 bits per heavy atom. The van der Waals surface area contributed by atoms with Crippen molar-refractivity contribution in [2.75, 3.05) is 45.3 Å². The summed E-state index contributed by atoms with van der Waals surface area (Å²) in [4.78, 5) is 11.2. The van der Waals surface area contributed by atoms with E-state index in [1.54, 1.807) is 19.2 Å². The predicted octanol–water partition coefficient (Wildman–Crippen LogP) is 5.18. The second-order valence-electron chi connectivity index (χ2n) is 7.60. The van der Waals surface area contributed by atoms with Crippen molar-refractivity contribution in [3.05, 3.63) is 46.7 Å². The van der Waals surface area contributed by atoms with Crippen LogP contribution in [0.4, 0.5) is 11.5 Å². The van der Waals surface area contributed by atoms with Gasteiger partial charge in [0.15, 0.2) is 11.5 Å². The minimum atomic E-state index is 0.0213. The molecule has 3 aromatic rings. The van der Waals surface area contributed by atoms with Crippen LogP contribution in [0.1, 0.15) is 13.3 Å². The summed E-state index contributed by atoms with van der Waals surface area (Å²) < 4.78 is 17.6. The molecule has 0 bridgehead atoms. The summed E-state index contributed by atoms with van der Waals surface area (Å²) in [5, 5.41) is 5.02. The lowest BCUT2D eigenvalue weighted by Crippen LogP contribution is -2.45. The maximum Gasteiger partial charge on any atom is 0.163 e. The van der Waals surface area contributed by atoms with E-state index in [4.69, 9.17) is 37.4 Å². The van der Waals surface area contributed by atoms with Gasteiger partial charge in [-0.1, -0.05) is 30.1 Å². The Hall–Kier alpha value is -2.32. The minimum absolute atomic E-state index is 0.0213. The molecule has 9 heteroatoms. The summed E-state index contributed by atoms with van der Waals surface area (Å²) in [6, 6.07) is 9.05. The van der Waals surface area contributed by atoms with Crippen LogP contribution in [0.3, 0.4) is 0 Å². The van der Waals surface area contributed by atoms with Crippen molar-refractivity contribution < 1.29 is 14.2 Å². The van der Waals surface area contributed by atoms with E-state index in [0.717, 1.165) is 49.3 Å². The van der Waals surface area contributed by atoms with E-state index in [2.05, 4.69) is 27.1 Å². The molecule has 1 unspecified atom stereocenters. The van der Waals surface area contributed by atoms with Crippen molar-refractivity contribution in [2.24, 2.45) is 0 Å². The molecule has 0 saturated carbocycles. The Kier molecular flexibility index (Phi) is 7.52. The lowest BCUT2D eigenvalue weighted by atomic mass is 10.2. The fourth-order valence-electron chi connectivity index (χ4n) is 3.73. The van der Waals surface area contributed by atoms with Crippen LogP contribution in [0.25, 0.3) is 10.9 Å². The standard InChI is InChI=1S/C23H26Cl2N4O3/c1-3-6-29-7-8-31-16(12-29)13-32-22-11-20-17(10-21(22)30-2)23(27-14-26-20)28-15-4-5-18(24)19(25)9-15/h4-5,9-11,14,16H,3,6-8,12-13H2,1-2H3,(H,26,27,28). The number of benzene rings is 2. The molecule has 170 valence electrons. The zero-order valence-corrected chi connectivity index (χ0v) is 19.6. The molecule has 0 aliphatic carbocycles. The smallest absolute Gasteiger partial charge is 0.163 e. The van der Waals surface area contributed by atoms with Crippen molar-refractivity contribution >= 4 is 45.6 Å². The SMILES string of the molecule is CCCN1CCOC(COc2cc3ncnc(Nc4ccc(Cl)c(Cl)c4)c3cc2OC)C1. The Labute approximate surface area is 197 Å². The van der Waals surface area contributed by atoms with Gasteiger partial charge in [0.05, 0.1) is 29.3 Å². The molecule has 1 aromatic heterocycles. The monoisotopic (exact) mass is 476 g/mol. The van der Waals surface area contributed by atoms with E-state index >= 15 is 0 Å². The van der Waals surface area contributed by atoms with Gasteiger partial charge in [0.1, 0.15) is 24.9 Å². The maximum absolute atomic E-state index is 6.14. The molecule has 7 nitrogen and oxygen atoms in total. The number of aromatic nitrogens is 2. The molecule has 0 radical (unpaired) electrons. The molecule has 1 N–H and O–H groups in total. The van der Waals surface area contributed by atoms with Crippen LogP contribution >= 0.6 is 23.2 Å². The quantitative estimate of drug-likeness (QED) is 0.480. The van der Waals surface area contributed by atoms with Crippen LogP contribution in [0.2, 0.25) is 10.0 Å². The van der Waals surface area contributed by atoms with Crippen LogP contribution in [-0.4, -0.2) is 60.9 Å². The average Bonchev–Trinajstić information content (AvgIpc) is 2.80. The second kappa shape index (κ2) is 10.5. The van der Waals surface area contributed by atoms with Gasteiger partial charge in [-0.05, 0) is 37.2 Å². The summed E-state index contributed by atoms with van der Waals surface area (Å²) in [6.07, 6.45) is 2.66. The Bertz CT molecular complexity index is 1080. The van der Waals surface area contributed by atoms with Crippen LogP contribution in [0, 0.1) is 0 Å². The number of nitrogens with one attached hydrogen (secondary N) is 1. The van der Waals surface area contributed by atoms with Gasteiger partial charge in [0.2, 0.25) is 0 Å². The first-order valence-corrected chi connectivity index (χ1v) is 11.3. The van der Waals surface area contributed by atoms with E-state index in [1.807, 2.05) is 18.2 Å². The molecule has 1 aliphatic heterocycles. The molecule has 2 heterocycles. The van der Waals surface area contributed by atoms with Gasteiger partial charge >= 0.3 is 0 Å². The van der Waals surface area contributed by atoms with Gasteiger partial charge in [0, 0.05) is 30.2 Å². The predicted molar refractivity (Wildman–Crippen MR) is 128 cm³/mol. The number of fused-ring (bicyclic) bond motifs is 1. The van der Waals surface area contributed by atoms with Gasteiger partial charge in [-0.15, -0.1) is 0 Å². The third-order valence-corrected chi connectivity index (χ3v) is 6.03. The Morgan fingerprint density at radius 3 is 2.81 bits per heavy atom. The first-order valence-electron chi connectivity index (χ1n) is 10.6. The number of hydrogen-bond donors (Lipinski definition) is 1. The van der Waals surface area contributed by atoms with Crippen molar-refractivity contribution in [1.29, 1.82) is 0 Å². The van der Waals surface area contributed by atoms with Crippen LogP contribution in [-0.2, 0) is 4.74 Å². The van der Waals surface area contributed by atoms with Crippen molar-refractivity contribution in [3.8, 4) is 11.5 Å². The summed E-state index contributed by atoms with van der Waals surface area (Å²) in [6.45, 7) is 6.26. The molecule has 2 aromatic carbocycles. The molecule has 1 saturated heterocycles. The number of rotatable bonds is 8.